The maximum Gasteiger partial charge on any atom is 0.241 e. The lowest BCUT2D eigenvalue weighted by atomic mass is 9.88. The van der Waals surface area contributed by atoms with Crippen molar-refractivity contribution in [1.82, 2.24) is 10.0 Å². The van der Waals surface area contributed by atoms with E-state index in [0.29, 0.717) is 5.69 Å². The Labute approximate surface area is 164 Å². The fraction of sp³-hybridized carbons (Fsp3) is 0.300. The Morgan fingerprint density at radius 3 is 2.50 bits per heavy atom. The van der Waals surface area contributed by atoms with Gasteiger partial charge in [-0.25, -0.2) is 13.1 Å². The molecule has 2 amide bonds. The second kappa shape index (κ2) is 8.53. The predicted molar refractivity (Wildman–Crippen MR) is 106 cm³/mol. The summed E-state index contributed by atoms with van der Waals surface area (Å²) in [6.07, 6.45) is 2.80. The Bertz CT molecular complexity index is 971. The number of aryl methyl sites for hydroxylation is 1. The van der Waals surface area contributed by atoms with E-state index in [1.165, 1.54) is 36.8 Å². The van der Waals surface area contributed by atoms with E-state index in [4.69, 9.17) is 0 Å². The van der Waals surface area contributed by atoms with Gasteiger partial charge in [-0.2, -0.15) is 0 Å². The average molecular weight is 401 g/mol. The molecule has 148 valence electrons. The van der Waals surface area contributed by atoms with Crippen LogP contribution in [0.1, 0.15) is 36.9 Å². The number of sulfonamides is 1. The first-order valence-corrected chi connectivity index (χ1v) is 10.6. The molecule has 0 unspecified atom stereocenters. The number of anilines is 1. The van der Waals surface area contributed by atoms with Gasteiger partial charge in [-0.1, -0.05) is 24.3 Å². The molecule has 0 bridgehead atoms. The summed E-state index contributed by atoms with van der Waals surface area (Å²) in [5, 5.41) is 5.49. The van der Waals surface area contributed by atoms with E-state index in [0.717, 1.165) is 24.8 Å². The Kier molecular flexibility index (Phi) is 6.11. The SMILES string of the molecule is CC(=O)Nc1ccc(S(=O)(=O)NCC(=O)N[C@H]2CCCc3ccccc32)cc1. The van der Waals surface area contributed by atoms with Gasteiger partial charge in [0.1, 0.15) is 0 Å². The van der Waals surface area contributed by atoms with Gasteiger partial charge in [-0.05, 0) is 54.7 Å². The third kappa shape index (κ3) is 4.96. The molecular weight excluding hydrogens is 378 g/mol. The van der Waals surface area contributed by atoms with E-state index < -0.39 is 10.0 Å². The molecule has 1 aliphatic carbocycles. The van der Waals surface area contributed by atoms with Crippen LogP contribution in [0.4, 0.5) is 5.69 Å². The molecular formula is C20H23N3O4S. The molecule has 2 aromatic rings. The van der Waals surface area contributed by atoms with Crippen molar-refractivity contribution in [3.05, 3.63) is 59.7 Å². The Morgan fingerprint density at radius 1 is 1.07 bits per heavy atom. The van der Waals surface area contributed by atoms with E-state index in [1.54, 1.807) is 0 Å². The molecule has 7 nitrogen and oxygen atoms in total. The van der Waals surface area contributed by atoms with Crippen molar-refractivity contribution in [3.63, 3.8) is 0 Å². The zero-order valence-electron chi connectivity index (χ0n) is 15.6. The summed E-state index contributed by atoms with van der Waals surface area (Å²) < 4.78 is 27.1. The maximum atomic E-state index is 12.4. The average Bonchev–Trinajstić information content (AvgIpc) is 2.67. The first kappa shape index (κ1) is 20.0. The molecule has 2 aromatic carbocycles. The second-order valence-electron chi connectivity index (χ2n) is 6.74. The Hall–Kier alpha value is -2.71. The van der Waals surface area contributed by atoms with E-state index in [-0.39, 0.29) is 29.3 Å². The number of hydrogen-bond acceptors (Lipinski definition) is 4. The minimum atomic E-state index is -3.83. The molecule has 0 heterocycles. The second-order valence-corrected chi connectivity index (χ2v) is 8.51. The number of hydrogen-bond donors (Lipinski definition) is 3. The van der Waals surface area contributed by atoms with Crippen LogP contribution in [-0.2, 0) is 26.0 Å². The Balaban J connectivity index is 1.59. The smallest absolute Gasteiger partial charge is 0.241 e. The monoisotopic (exact) mass is 401 g/mol. The number of rotatable bonds is 6. The lowest BCUT2D eigenvalue weighted by Crippen LogP contribution is -2.39. The van der Waals surface area contributed by atoms with E-state index >= 15 is 0 Å². The summed E-state index contributed by atoms with van der Waals surface area (Å²) in [5.74, 6) is -0.616. The topological polar surface area (TPSA) is 104 Å². The number of amides is 2. The van der Waals surface area contributed by atoms with Crippen LogP contribution < -0.4 is 15.4 Å². The maximum absolute atomic E-state index is 12.4. The van der Waals surface area contributed by atoms with Gasteiger partial charge in [0.15, 0.2) is 0 Å². The number of carbonyl (C=O) groups is 2. The van der Waals surface area contributed by atoms with Crippen LogP contribution in [0, 0.1) is 0 Å². The lowest BCUT2D eigenvalue weighted by molar-refractivity contribution is -0.120. The summed E-state index contributed by atoms with van der Waals surface area (Å²) in [5.41, 5.74) is 2.82. The molecule has 0 spiro atoms. The van der Waals surface area contributed by atoms with Crippen molar-refractivity contribution in [2.24, 2.45) is 0 Å². The van der Waals surface area contributed by atoms with Gasteiger partial charge in [0.2, 0.25) is 21.8 Å². The van der Waals surface area contributed by atoms with Crippen molar-refractivity contribution in [2.75, 3.05) is 11.9 Å². The molecule has 3 rings (SSSR count). The summed E-state index contributed by atoms with van der Waals surface area (Å²) in [6, 6.07) is 13.6. The molecule has 8 heteroatoms. The zero-order chi connectivity index (χ0) is 20.1. The minimum absolute atomic E-state index is 0.0254. The summed E-state index contributed by atoms with van der Waals surface area (Å²) in [7, 11) is -3.83. The van der Waals surface area contributed by atoms with Gasteiger partial charge in [0, 0.05) is 12.6 Å². The fourth-order valence-electron chi connectivity index (χ4n) is 3.31. The Morgan fingerprint density at radius 2 is 1.79 bits per heavy atom. The zero-order valence-corrected chi connectivity index (χ0v) is 16.4. The summed E-state index contributed by atoms with van der Waals surface area (Å²) in [4.78, 5) is 23.3. The number of carbonyl (C=O) groups excluding carboxylic acids is 2. The van der Waals surface area contributed by atoms with Gasteiger partial charge in [0.25, 0.3) is 0 Å². The van der Waals surface area contributed by atoms with E-state index in [9.17, 15) is 18.0 Å². The minimum Gasteiger partial charge on any atom is -0.348 e. The molecule has 0 saturated carbocycles. The highest BCUT2D eigenvalue weighted by molar-refractivity contribution is 7.89. The lowest BCUT2D eigenvalue weighted by Gasteiger charge is -2.26. The summed E-state index contributed by atoms with van der Waals surface area (Å²) in [6.45, 7) is 1.03. The van der Waals surface area contributed by atoms with Gasteiger partial charge in [-0.3, -0.25) is 9.59 Å². The van der Waals surface area contributed by atoms with Crippen LogP contribution >= 0.6 is 0 Å². The van der Waals surface area contributed by atoms with E-state index in [1.807, 2.05) is 18.2 Å². The normalized spacial score (nSPS) is 16.1. The molecule has 1 aliphatic rings. The largest absolute Gasteiger partial charge is 0.348 e. The van der Waals surface area contributed by atoms with Crippen molar-refractivity contribution in [1.29, 1.82) is 0 Å². The molecule has 0 saturated heterocycles. The summed E-state index contributed by atoms with van der Waals surface area (Å²) >= 11 is 0. The van der Waals surface area contributed by atoms with Crippen LogP contribution in [0.3, 0.4) is 0 Å². The van der Waals surface area contributed by atoms with Gasteiger partial charge in [0.05, 0.1) is 17.5 Å². The van der Waals surface area contributed by atoms with Crippen molar-refractivity contribution in [2.45, 2.75) is 37.1 Å². The molecule has 0 aliphatic heterocycles. The quantitative estimate of drug-likeness (QED) is 0.690. The number of fused-ring (bicyclic) bond motifs is 1. The molecule has 0 aromatic heterocycles. The predicted octanol–water partition coefficient (Wildman–Crippen LogP) is 2.12. The van der Waals surface area contributed by atoms with Gasteiger partial charge in [-0.15, -0.1) is 0 Å². The third-order valence-corrected chi connectivity index (χ3v) is 6.03. The number of benzene rings is 2. The molecule has 3 N–H and O–H groups in total. The van der Waals surface area contributed by atoms with Gasteiger partial charge < -0.3 is 10.6 Å². The standard InChI is InChI=1S/C20H23N3O4S/c1-14(24)22-16-9-11-17(12-10-16)28(26,27)21-13-20(25)23-19-8-4-6-15-5-2-3-7-18(15)19/h2-3,5,7,9-12,19,21H,4,6,8,13H2,1H3,(H,22,24)(H,23,25)/t19-/m0/s1. The van der Waals surface area contributed by atoms with Gasteiger partial charge >= 0.3 is 0 Å². The van der Waals surface area contributed by atoms with Crippen molar-refractivity contribution in [3.8, 4) is 0 Å². The first-order valence-electron chi connectivity index (χ1n) is 9.09. The number of nitrogens with one attached hydrogen (secondary N) is 3. The fourth-order valence-corrected chi connectivity index (χ4v) is 4.30. The molecule has 28 heavy (non-hydrogen) atoms. The van der Waals surface area contributed by atoms with Crippen molar-refractivity contribution >= 4 is 27.5 Å². The highest BCUT2D eigenvalue weighted by Gasteiger charge is 2.22. The van der Waals surface area contributed by atoms with Crippen LogP contribution in [0.15, 0.2) is 53.4 Å². The van der Waals surface area contributed by atoms with Crippen LogP contribution in [0.25, 0.3) is 0 Å². The van der Waals surface area contributed by atoms with Crippen LogP contribution in [-0.4, -0.2) is 26.8 Å². The highest BCUT2D eigenvalue weighted by atomic mass is 32.2. The third-order valence-electron chi connectivity index (χ3n) is 4.61. The van der Waals surface area contributed by atoms with Crippen molar-refractivity contribution < 1.29 is 18.0 Å². The van der Waals surface area contributed by atoms with Crippen LogP contribution in [0.2, 0.25) is 0 Å². The highest BCUT2D eigenvalue weighted by Crippen LogP contribution is 2.29. The van der Waals surface area contributed by atoms with Crippen LogP contribution in [0.5, 0.6) is 0 Å². The first-order chi connectivity index (χ1) is 13.3. The molecule has 0 fully saturated rings. The van der Waals surface area contributed by atoms with E-state index in [2.05, 4.69) is 21.4 Å². The molecule has 0 radical (unpaired) electrons. The molecule has 1 atom stereocenters.